The molecule has 0 bridgehead atoms. The Balaban J connectivity index is 1.41. The number of nitrogens with zero attached hydrogens (tertiary/aromatic N) is 2. The van der Waals surface area contributed by atoms with E-state index in [0.717, 1.165) is 32.4 Å². The van der Waals surface area contributed by atoms with E-state index >= 15 is 0 Å². The third-order valence-corrected chi connectivity index (χ3v) is 11.1. The van der Waals surface area contributed by atoms with E-state index < -0.39 is 20.5 Å². The van der Waals surface area contributed by atoms with Crippen molar-refractivity contribution in [3.05, 3.63) is 46.8 Å². The number of piperidine rings is 1. The summed E-state index contributed by atoms with van der Waals surface area (Å²) in [5.74, 6) is 0.202. The van der Waals surface area contributed by atoms with Gasteiger partial charge in [0, 0.05) is 42.3 Å². The van der Waals surface area contributed by atoms with Crippen LogP contribution in [-0.4, -0.2) is 55.6 Å². The lowest BCUT2D eigenvalue weighted by molar-refractivity contribution is -0.134. The maximum Gasteiger partial charge on any atom is 0.265 e. The number of hydrogen-bond acceptors (Lipinski definition) is 8. The van der Waals surface area contributed by atoms with Crippen molar-refractivity contribution in [3.63, 3.8) is 0 Å². The Labute approximate surface area is 217 Å². The molecule has 0 saturated carbocycles. The minimum absolute atomic E-state index is 0.0226. The van der Waals surface area contributed by atoms with Gasteiger partial charge in [-0.2, -0.15) is 0 Å². The molecular formula is C26H35N3O5S2. The van der Waals surface area contributed by atoms with Gasteiger partial charge in [0.15, 0.2) is 14.6 Å². The molecule has 0 spiro atoms. The average Bonchev–Trinajstić information content (AvgIpc) is 3.40. The zero-order valence-electron chi connectivity index (χ0n) is 20.7. The van der Waals surface area contributed by atoms with E-state index in [1.54, 1.807) is 11.5 Å². The summed E-state index contributed by atoms with van der Waals surface area (Å²) in [6.45, 7) is 8.49. The van der Waals surface area contributed by atoms with Gasteiger partial charge in [-0.1, -0.05) is 19.9 Å². The zero-order chi connectivity index (χ0) is 25.8. The van der Waals surface area contributed by atoms with Crippen LogP contribution in [0.5, 0.6) is 0 Å². The van der Waals surface area contributed by atoms with Gasteiger partial charge in [-0.15, -0.1) is 11.3 Å². The topological polar surface area (TPSA) is 109 Å². The average molecular weight is 534 g/mol. The summed E-state index contributed by atoms with van der Waals surface area (Å²) >= 11 is 1.86. The number of carbonyl (C=O) groups excluding carboxylic acids is 1. The van der Waals surface area contributed by atoms with Crippen molar-refractivity contribution in [3.8, 4) is 0 Å². The summed E-state index contributed by atoms with van der Waals surface area (Å²) in [5.41, 5.74) is 2.75. The molecule has 2 saturated heterocycles. The van der Waals surface area contributed by atoms with Crippen LogP contribution in [0.3, 0.4) is 0 Å². The first-order chi connectivity index (χ1) is 17.3. The fourth-order valence-corrected chi connectivity index (χ4v) is 8.04. The number of hydroxylamine groups is 1. The van der Waals surface area contributed by atoms with Gasteiger partial charge in [0.1, 0.15) is 5.82 Å². The highest BCUT2D eigenvalue weighted by Crippen LogP contribution is 2.37. The van der Waals surface area contributed by atoms with Gasteiger partial charge >= 0.3 is 0 Å². The van der Waals surface area contributed by atoms with E-state index in [9.17, 15) is 18.4 Å². The quantitative estimate of drug-likeness (QED) is 0.366. The lowest BCUT2D eigenvalue weighted by atomic mass is 9.89. The fourth-order valence-electron chi connectivity index (χ4n) is 5.06. The summed E-state index contributed by atoms with van der Waals surface area (Å²) < 4.78 is 30.3. The molecule has 2 aromatic rings. The van der Waals surface area contributed by atoms with E-state index in [0.29, 0.717) is 11.7 Å². The van der Waals surface area contributed by atoms with Gasteiger partial charge in [-0.3, -0.25) is 10.0 Å². The molecule has 2 aliphatic rings. The number of rotatable bonds is 9. The van der Waals surface area contributed by atoms with Crippen molar-refractivity contribution < 1.29 is 23.2 Å². The molecule has 0 radical (unpaired) electrons. The molecule has 0 aliphatic carbocycles. The molecule has 10 heteroatoms. The van der Waals surface area contributed by atoms with E-state index in [2.05, 4.69) is 35.5 Å². The number of anilines is 1. The van der Waals surface area contributed by atoms with Crippen LogP contribution in [0, 0.1) is 5.92 Å². The van der Waals surface area contributed by atoms with Crippen LogP contribution in [0.4, 0.5) is 5.82 Å². The highest BCUT2D eigenvalue weighted by molar-refractivity contribution is 7.93. The highest BCUT2D eigenvalue weighted by Gasteiger charge is 2.52. The SMILES string of the molecule is C=C(c1ccc(CCCC)s1)C1CCN(c2ccc(S(=O)(=O)C3(C(=O)NO)CCOCC3)cn2)CC1. The van der Waals surface area contributed by atoms with E-state index in [-0.39, 0.29) is 31.0 Å². The van der Waals surface area contributed by atoms with E-state index in [1.165, 1.54) is 40.4 Å². The third-order valence-electron chi connectivity index (χ3n) is 7.43. The van der Waals surface area contributed by atoms with E-state index in [4.69, 9.17) is 4.74 Å². The van der Waals surface area contributed by atoms with Gasteiger partial charge in [-0.05, 0) is 74.3 Å². The van der Waals surface area contributed by atoms with Crippen molar-refractivity contribution in [1.29, 1.82) is 0 Å². The predicted molar refractivity (Wildman–Crippen MR) is 141 cm³/mol. The number of nitrogens with one attached hydrogen (secondary N) is 1. The number of amides is 1. The molecule has 4 rings (SSSR count). The summed E-state index contributed by atoms with van der Waals surface area (Å²) in [6, 6.07) is 7.64. The third kappa shape index (κ3) is 5.22. The number of unbranched alkanes of at least 4 members (excludes halogenated alkanes) is 1. The summed E-state index contributed by atoms with van der Waals surface area (Å²) in [6.07, 6.45) is 6.73. The van der Waals surface area contributed by atoms with Gasteiger partial charge in [-0.25, -0.2) is 18.9 Å². The Bertz CT molecular complexity index is 1160. The molecular weight excluding hydrogens is 498 g/mol. The van der Waals surface area contributed by atoms with Crippen LogP contribution < -0.4 is 10.4 Å². The maximum absolute atomic E-state index is 13.4. The molecule has 2 fully saturated rings. The first kappa shape index (κ1) is 26.8. The first-order valence-corrected chi connectivity index (χ1v) is 14.9. The second kappa shape index (κ2) is 11.4. The van der Waals surface area contributed by atoms with Crippen molar-refractivity contribution in [2.45, 2.75) is 61.5 Å². The number of allylic oxidation sites excluding steroid dienone is 1. The number of aromatic nitrogens is 1. The zero-order valence-corrected chi connectivity index (χ0v) is 22.4. The normalized spacial score (nSPS) is 18.7. The number of sulfone groups is 1. The van der Waals surface area contributed by atoms with Gasteiger partial charge in [0.2, 0.25) is 0 Å². The maximum atomic E-state index is 13.4. The van der Waals surface area contributed by atoms with Crippen molar-refractivity contribution >= 4 is 38.5 Å². The Kier molecular flexibility index (Phi) is 8.49. The molecule has 8 nitrogen and oxygen atoms in total. The summed E-state index contributed by atoms with van der Waals surface area (Å²) in [5, 5.41) is 9.21. The second-order valence-electron chi connectivity index (χ2n) is 9.56. The monoisotopic (exact) mass is 533 g/mol. The van der Waals surface area contributed by atoms with Crippen LogP contribution >= 0.6 is 11.3 Å². The number of aryl methyl sites for hydroxylation is 1. The van der Waals surface area contributed by atoms with Crippen LogP contribution in [0.1, 0.15) is 55.2 Å². The molecule has 2 N–H and O–H groups in total. The minimum atomic E-state index is -4.08. The molecule has 0 aromatic carbocycles. The smallest absolute Gasteiger partial charge is 0.265 e. The van der Waals surface area contributed by atoms with Crippen LogP contribution in [0.25, 0.3) is 5.57 Å². The van der Waals surface area contributed by atoms with Crippen molar-refractivity contribution in [2.24, 2.45) is 5.92 Å². The van der Waals surface area contributed by atoms with Crippen molar-refractivity contribution in [2.75, 3.05) is 31.2 Å². The Morgan fingerprint density at radius 3 is 2.58 bits per heavy atom. The molecule has 196 valence electrons. The van der Waals surface area contributed by atoms with Gasteiger partial charge in [0.05, 0.1) is 4.90 Å². The van der Waals surface area contributed by atoms with E-state index in [1.807, 2.05) is 11.3 Å². The molecule has 4 heterocycles. The molecule has 1 amide bonds. The minimum Gasteiger partial charge on any atom is -0.381 e. The van der Waals surface area contributed by atoms with Gasteiger partial charge < -0.3 is 9.64 Å². The highest BCUT2D eigenvalue weighted by atomic mass is 32.2. The summed E-state index contributed by atoms with van der Waals surface area (Å²) in [4.78, 5) is 21.7. The van der Waals surface area contributed by atoms with Crippen LogP contribution in [0.2, 0.25) is 0 Å². The Morgan fingerprint density at radius 1 is 1.25 bits per heavy atom. The van der Waals surface area contributed by atoms with Crippen molar-refractivity contribution in [1.82, 2.24) is 10.5 Å². The largest absolute Gasteiger partial charge is 0.381 e. The lowest BCUT2D eigenvalue weighted by Crippen LogP contribution is -2.54. The number of carbonyl (C=O) groups is 1. The fraction of sp³-hybridized carbons (Fsp3) is 0.538. The van der Waals surface area contributed by atoms with Crippen LogP contribution in [0.15, 0.2) is 41.9 Å². The predicted octanol–water partition coefficient (Wildman–Crippen LogP) is 4.24. The molecule has 2 aliphatic heterocycles. The lowest BCUT2D eigenvalue weighted by Gasteiger charge is -2.35. The molecule has 0 unspecified atom stereocenters. The van der Waals surface area contributed by atoms with Gasteiger partial charge in [0.25, 0.3) is 5.91 Å². The number of hydrogen-bond donors (Lipinski definition) is 2. The second-order valence-corrected chi connectivity index (χ2v) is 13.0. The number of ether oxygens (including phenoxy) is 1. The molecule has 36 heavy (non-hydrogen) atoms. The molecule has 0 atom stereocenters. The Morgan fingerprint density at radius 2 is 1.97 bits per heavy atom. The molecule has 2 aromatic heterocycles. The number of pyridine rings is 1. The number of thiophene rings is 1. The summed E-state index contributed by atoms with van der Waals surface area (Å²) in [7, 11) is -4.08. The first-order valence-electron chi connectivity index (χ1n) is 12.6. The standard InChI is InChI=1S/C26H35N3O5S2/c1-3-4-5-21-6-8-23(35-21)19(2)20-10-14-29(15-11-20)24-9-7-22(18-27-24)36(32,33)26(25(30)28-31)12-16-34-17-13-26/h6-9,18,20,31H,2-5,10-17H2,1H3,(H,28,30). The Hall–Kier alpha value is -2.27. The van der Waals surface area contributed by atoms with Crippen LogP contribution in [-0.2, 0) is 25.8 Å².